The van der Waals surface area contributed by atoms with Gasteiger partial charge in [-0.3, -0.25) is 14.8 Å². The summed E-state index contributed by atoms with van der Waals surface area (Å²) in [5.74, 6) is -0.0395. The predicted octanol–water partition coefficient (Wildman–Crippen LogP) is 3.31. The Balaban J connectivity index is 1.58. The van der Waals surface area contributed by atoms with Crippen LogP contribution >= 0.6 is 0 Å². The Labute approximate surface area is 156 Å². The second-order valence-corrected chi connectivity index (χ2v) is 7.42. The summed E-state index contributed by atoms with van der Waals surface area (Å²) in [5.41, 5.74) is 1.65. The van der Waals surface area contributed by atoms with Gasteiger partial charge in [0.2, 0.25) is 0 Å². The summed E-state index contributed by atoms with van der Waals surface area (Å²) in [4.78, 5) is 25.3. The minimum atomic E-state index is -0.0395. The number of carbonyl (C=O) groups excluding carboxylic acids is 1. The molecule has 0 radical (unpaired) electrons. The highest BCUT2D eigenvalue weighted by Crippen LogP contribution is 2.41. The van der Waals surface area contributed by atoms with E-state index in [2.05, 4.69) is 28.6 Å². The van der Waals surface area contributed by atoms with E-state index in [-0.39, 0.29) is 5.91 Å². The Morgan fingerprint density at radius 2 is 1.69 bits per heavy atom. The fraction of sp³-hybridized carbons (Fsp3) is 0.476. The molecule has 1 spiro atoms. The van der Waals surface area contributed by atoms with Crippen LogP contribution in [-0.2, 0) is 4.79 Å². The van der Waals surface area contributed by atoms with Crippen LogP contribution in [0, 0.1) is 5.41 Å². The van der Waals surface area contributed by atoms with Crippen LogP contribution in [0.5, 0.6) is 0 Å². The molecule has 2 aliphatic heterocycles. The number of nitrogens with zero attached hydrogens (tertiary/aromatic N) is 4. The largest absolute Gasteiger partial charge is 0.337 e. The molecule has 0 aromatic heterocycles. The fourth-order valence-electron chi connectivity index (χ4n) is 3.84. The van der Waals surface area contributed by atoms with Gasteiger partial charge in [0.15, 0.2) is 0 Å². The zero-order chi connectivity index (χ0) is 18.4. The van der Waals surface area contributed by atoms with Crippen LogP contribution in [0.1, 0.15) is 25.7 Å². The Hall–Kier alpha value is -2.27. The number of carbonyl (C=O) groups is 1. The minimum Gasteiger partial charge on any atom is -0.337 e. The van der Waals surface area contributed by atoms with Crippen molar-refractivity contribution < 1.29 is 4.79 Å². The summed E-state index contributed by atoms with van der Waals surface area (Å²) >= 11 is 0. The number of amides is 1. The molecular formula is C21H28N4O. The molecule has 0 bridgehead atoms. The normalized spacial score (nSPS) is 21.3. The van der Waals surface area contributed by atoms with Crippen molar-refractivity contribution in [1.82, 2.24) is 9.80 Å². The lowest BCUT2D eigenvalue weighted by Gasteiger charge is -2.46. The molecule has 2 fully saturated rings. The molecule has 0 atom stereocenters. The molecule has 26 heavy (non-hydrogen) atoms. The summed E-state index contributed by atoms with van der Waals surface area (Å²) in [5, 5.41) is 0. The van der Waals surface area contributed by atoms with Gasteiger partial charge in [-0.05, 0) is 76.2 Å². The van der Waals surface area contributed by atoms with Crippen molar-refractivity contribution in [3.8, 4) is 0 Å². The summed E-state index contributed by atoms with van der Waals surface area (Å²) in [7, 11) is 2.19. The van der Waals surface area contributed by atoms with Crippen LogP contribution in [0.3, 0.4) is 0 Å². The van der Waals surface area contributed by atoms with Crippen molar-refractivity contribution in [2.75, 3.05) is 33.2 Å². The molecule has 1 aromatic rings. The van der Waals surface area contributed by atoms with Crippen molar-refractivity contribution in [2.45, 2.75) is 25.7 Å². The summed E-state index contributed by atoms with van der Waals surface area (Å²) in [6, 6.07) is 9.64. The summed E-state index contributed by atoms with van der Waals surface area (Å²) in [6.07, 6.45) is 7.96. The smallest absolute Gasteiger partial charge is 0.272 e. The molecule has 0 unspecified atom stereocenters. The highest BCUT2D eigenvalue weighted by molar-refractivity contribution is 5.97. The molecule has 1 aromatic carbocycles. The molecule has 1 amide bonds. The van der Waals surface area contributed by atoms with Gasteiger partial charge in [0.1, 0.15) is 5.70 Å². The second-order valence-electron chi connectivity index (χ2n) is 7.42. The van der Waals surface area contributed by atoms with Crippen LogP contribution in [-0.4, -0.2) is 61.9 Å². The number of aliphatic imine (C=N–C) groups is 2. The number of allylic oxidation sites excluding steroid dienone is 1. The number of piperidine rings is 2. The van der Waals surface area contributed by atoms with Crippen molar-refractivity contribution in [3.63, 3.8) is 0 Å². The third-order valence-corrected chi connectivity index (χ3v) is 5.76. The molecule has 0 saturated carbocycles. The topological polar surface area (TPSA) is 48.3 Å². The lowest BCUT2D eigenvalue weighted by atomic mass is 9.71. The molecule has 0 aliphatic carbocycles. The number of hydrogen-bond acceptors (Lipinski definition) is 4. The fourth-order valence-corrected chi connectivity index (χ4v) is 3.84. The lowest BCUT2D eigenvalue weighted by Crippen LogP contribution is -2.47. The molecule has 5 heteroatoms. The van der Waals surface area contributed by atoms with E-state index in [9.17, 15) is 4.79 Å². The first-order valence-corrected chi connectivity index (χ1v) is 9.36. The maximum atomic E-state index is 12.7. The zero-order valence-corrected chi connectivity index (χ0v) is 15.6. The number of hydrogen-bond donors (Lipinski definition) is 0. The zero-order valence-electron chi connectivity index (χ0n) is 15.6. The maximum Gasteiger partial charge on any atom is 0.272 e. The quantitative estimate of drug-likeness (QED) is 0.616. The van der Waals surface area contributed by atoms with Gasteiger partial charge in [-0.1, -0.05) is 18.2 Å². The van der Waals surface area contributed by atoms with E-state index in [4.69, 9.17) is 0 Å². The first kappa shape index (κ1) is 18.5. The van der Waals surface area contributed by atoms with Gasteiger partial charge in [0.25, 0.3) is 5.91 Å². The molecule has 138 valence electrons. The van der Waals surface area contributed by atoms with Gasteiger partial charge in [0.05, 0.1) is 5.69 Å². The summed E-state index contributed by atoms with van der Waals surface area (Å²) in [6.45, 7) is 7.52. The van der Waals surface area contributed by atoms with E-state index in [1.807, 2.05) is 35.2 Å². The Morgan fingerprint density at radius 3 is 2.31 bits per heavy atom. The SMILES string of the molecule is C=N/C(=C\C=Nc1ccccc1)C(=O)N1CCC2(CCN(C)CC2)CC1. The lowest BCUT2D eigenvalue weighted by molar-refractivity contribution is -0.130. The average molecular weight is 352 g/mol. The van der Waals surface area contributed by atoms with Crippen molar-refractivity contribution >= 4 is 24.5 Å². The van der Waals surface area contributed by atoms with Gasteiger partial charge in [-0.2, -0.15) is 0 Å². The van der Waals surface area contributed by atoms with Gasteiger partial charge in [0, 0.05) is 19.3 Å². The maximum absolute atomic E-state index is 12.7. The summed E-state index contributed by atoms with van der Waals surface area (Å²) < 4.78 is 0. The number of para-hydroxylation sites is 1. The number of benzene rings is 1. The minimum absolute atomic E-state index is 0.0395. The molecule has 2 saturated heterocycles. The third kappa shape index (κ3) is 4.47. The first-order valence-electron chi connectivity index (χ1n) is 9.36. The van der Waals surface area contributed by atoms with Crippen LogP contribution in [0.15, 0.2) is 52.1 Å². The highest BCUT2D eigenvalue weighted by atomic mass is 16.2. The van der Waals surface area contributed by atoms with Crippen LogP contribution in [0.2, 0.25) is 0 Å². The Morgan fingerprint density at radius 1 is 1.08 bits per heavy atom. The van der Waals surface area contributed by atoms with E-state index in [1.165, 1.54) is 25.9 Å². The van der Waals surface area contributed by atoms with Gasteiger partial charge in [-0.25, -0.2) is 0 Å². The molecule has 5 nitrogen and oxygen atoms in total. The van der Waals surface area contributed by atoms with Gasteiger partial charge < -0.3 is 9.80 Å². The van der Waals surface area contributed by atoms with E-state index < -0.39 is 0 Å². The number of rotatable bonds is 4. The third-order valence-electron chi connectivity index (χ3n) is 5.76. The van der Waals surface area contributed by atoms with Crippen LogP contribution in [0.4, 0.5) is 5.69 Å². The van der Waals surface area contributed by atoms with Crippen LogP contribution in [0.25, 0.3) is 0 Å². The predicted molar refractivity (Wildman–Crippen MR) is 107 cm³/mol. The highest BCUT2D eigenvalue weighted by Gasteiger charge is 2.38. The molecule has 2 aliphatic rings. The molecule has 2 heterocycles. The Bertz CT molecular complexity index is 677. The average Bonchev–Trinajstić information content (AvgIpc) is 2.69. The van der Waals surface area contributed by atoms with Gasteiger partial charge >= 0.3 is 0 Å². The van der Waals surface area contributed by atoms with Crippen molar-refractivity contribution in [1.29, 1.82) is 0 Å². The van der Waals surface area contributed by atoms with Gasteiger partial charge in [-0.15, -0.1) is 0 Å². The Kier molecular flexibility index (Phi) is 5.99. The van der Waals surface area contributed by atoms with Crippen LogP contribution < -0.4 is 0 Å². The molecule has 3 rings (SSSR count). The van der Waals surface area contributed by atoms with E-state index in [1.54, 1.807) is 12.3 Å². The van der Waals surface area contributed by atoms with E-state index in [0.717, 1.165) is 31.6 Å². The first-order chi connectivity index (χ1) is 12.6. The number of likely N-dealkylation sites (tertiary alicyclic amines) is 2. The molecular weight excluding hydrogens is 324 g/mol. The second kappa shape index (κ2) is 8.41. The van der Waals surface area contributed by atoms with E-state index in [0.29, 0.717) is 11.1 Å². The van der Waals surface area contributed by atoms with Crippen molar-refractivity contribution in [2.24, 2.45) is 15.4 Å². The standard InChI is InChI=1S/C21H28N4O/c1-22-19(8-13-23-18-6-4-3-5-7-18)20(26)25-16-11-21(12-17-25)9-14-24(2)15-10-21/h3-8,13H,1,9-12,14-17H2,2H3/b19-8-,23-13?. The molecule has 0 N–H and O–H groups in total. The monoisotopic (exact) mass is 352 g/mol. The van der Waals surface area contributed by atoms with E-state index >= 15 is 0 Å². The van der Waals surface area contributed by atoms with Crippen molar-refractivity contribution in [3.05, 3.63) is 42.1 Å².